The summed E-state index contributed by atoms with van der Waals surface area (Å²) < 4.78 is 11.2. The number of aliphatic imine (C=N–C) groups is 1. The van der Waals surface area contributed by atoms with Crippen LogP contribution in [0.2, 0.25) is 5.02 Å². The minimum Gasteiger partial charge on any atom is -0.451 e. The van der Waals surface area contributed by atoms with Crippen molar-refractivity contribution in [3.05, 3.63) is 62.2 Å². The number of ether oxygens (including phenoxy) is 1. The topological polar surface area (TPSA) is 51.8 Å². The van der Waals surface area contributed by atoms with Gasteiger partial charge in [-0.3, -0.25) is 0 Å². The van der Waals surface area contributed by atoms with Gasteiger partial charge in [-0.2, -0.15) is 0 Å². The van der Waals surface area contributed by atoms with Crippen molar-refractivity contribution in [2.24, 2.45) is 4.99 Å². The molecule has 0 unspecified atom stereocenters. The highest BCUT2D eigenvalue weighted by atomic mass is 127. The molecule has 0 N–H and O–H groups in total. The summed E-state index contributed by atoms with van der Waals surface area (Å²) in [4.78, 5) is 15.9. The van der Waals surface area contributed by atoms with Gasteiger partial charge in [0.15, 0.2) is 9.46 Å². The molecule has 3 rings (SSSR count). The van der Waals surface area contributed by atoms with Crippen LogP contribution in [0.3, 0.4) is 0 Å². The number of esters is 1. The molecule has 1 aromatic carbocycles. The fraction of sp³-hybridized carbons (Fsp3) is 0. The number of halogens is 2. The zero-order chi connectivity index (χ0) is 14.1. The molecule has 20 heavy (non-hydrogen) atoms. The van der Waals surface area contributed by atoms with Crippen molar-refractivity contribution in [2.45, 2.75) is 0 Å². The molecule has 1 aliphatic rings. The lowest BCUT2D eigenvalue weighted by molar-refractivity contribution is -0.129. The number of carbonyl (C=O) groups excluding carboxylic acids is 1. The van der Waals surface area contributed by atoms with E-state index in [9.17, 15) is 4.79 Å². The van der Waals surface area contributed by atoms with Gasteiger partial charge in [0.1, 0.15) is 5.76 Å². The molecular weight excluding hydrogens is 393 g/mol. The summed E-state index contributed by atoms with van der Waals surface area (Å²) in [6.45, 7) is 0. The number of cyclic esters (lactones) is 1. The highest BCUT2D eigenvalue weighted by Crippen LogP contribution is 2.21. The van der Waals surface area contributed by atoms with E-state index >= 15 is 0 Å². The Hall–Kier alpha value is -1.60. The Morgan fingerprint density at radius 1 is 1.15 bits per heavy atom. The van der Waals surface area contributed by atoms with Crippen LogP contribution in [-0.4, -0.2) is 11.9 Å². The van der Waals surface area contributed by atoms with E-state index in [1.165, 1.54) is 0 Å². The van der Waals surface area contributed by atoms with Gasteiger partial charge >= 0.3 is 5.97 Å². The third kappa shape index (κ3) is 2.78. The molecule has 2 aromatic rings. The van der Waals surface area contributed by atoms with Gasteiger partial charge in [0, 0.05) is 16.7 Å². The van der Waals surface area contributed by atoms with Gasteiger partial charge in [0.25, 0.3) is 0 Å². The Labute approximate surface area is 133 Å². The number of hydrogen-bond acceptors (Lipinski definition) is 4. The molecule has 4 nitrogen and oxygen atoms in total. The number of furan rings is 1. The van der Waals surface area contributed by atoms with Crippen LogP contribution in [0.25, 0.3) is 6.08 Å². The van der Waals surface area contributed by atoms with Gasteiger partial charge < -0.3 is 9.15 Å². The van der Waals surface area contributed by atoms with Gasteiger partial charge in [-0.1, -0.05) is 11.6 Å². The molecule has 0 radical (unpaired) electrons. The predicted octanol–water partition coefficient (Wildman–Crippen LogP) is 3.88. The summed E-state index contributed by atoms with van der Waals surface area (Å²) in [6.07, 6.45) is 1.55. The normalized spacial score (nSPS) is 16.4. The zero-order valence-electron chi connectivity index (χ0n) is 9.97. The first-order chi connectivity index (χ1) is 9.61. The molecule has 1 aromatic heterocycles. The van der Waals surface area contributed by atoms with Crippen LogP contribution in [0, 0.1) is 3.77 Å². The van der Waals surface area contributed by atoms with Gasteiger partial charge in [-0.15, -0.1) is 0 Å². The van der Waals surface area contributed by atoms with Crippen molar-refractivity contribution in [2.75, 3.05) is 0 Å². The SMILES string of the molecule is O=C1OC(c2ccc(Cl)cc2)=N/C1=C/c1ccc(I)o1. The number of carbonyl (C=O) groups is 1. The van der Waals surface area contributed by atoms with Gasteiger partial charge in [-0.05, 0) is 59.0 Å². The quantitative estimate of drug-likeness (QED) is 0.437. The molecule has 2 heterocycles. The van der Waals surface area contributed by atoms with Crippen molar-refractivity contribution in [1.82, 2.24) is 0 Å². The van der Waals surface area contributed by atoms with E-state index in [1.807, 2.05) is 22.6 Å². The Morgan fingerprint density at radius 2 is 1.90 bits per heavy atom. The fourth-order valence-electron chi connectivity index (χ4n) is 1.67. The lowest BCUT2D eigenvalue weighted by atomic mass is 10.2. The highest BCUT2D eigenvalue weighted by Gasteiger charge is 2.24. The van der Waals surface area contributed by atoms with Crippen LogP contribution in [-0.2, 0) is 9.53 Å². The maximum Gasteiger partial charge on any atom is 0.363 e. The summed E-state index contributed by atoms with van der Waals surface area (Å²) in [5, 5.41) is 0.611. The van der Waals surface area contributed by atoms with E-state index in [0.717, 1.165) is 3.77 Å². The van der Waals surface area contributed by atoms with E-state index in [0.29, 0.717) is 16.3 Å². The minimum absolute atomic E-state index is 0.209. The largest absolute Gasteiger partial charge is 0.451 e. The van der Waals surface area contributed by atoms with E-state index in [2.05, 4.69) is 4.99 Å². The van der Waals surface area contributed by atoms with E-state index in [-0.39, 0.29) is 11.6 Å². The first kappa shape index (κ1) is 13.4. The third-order valence-electron chi connectivity index (χ3n) is 2.58. The average Bonchev–Trinajstić information content (AvgIpc) is 2.98. The second-order valence-electron chi connectivity index (χ2n) is 3.98. The van der Waals surface area contributed by atoms with E-state index < -0.39 is 5.97 Å². The number of rotatable bonds is 2. The molecule has 1 aliphatic heterocycles. The molecule has 0 saturated heterocycles. The minimum atomic E-state index is -0.499. The van der Waals surface area contributed by atoms with E-state index in [1.54, 1.807) is 42.5 Å². The van der Waals surface area contributed by atoms with Crippen LogP contribution in [0.4, 0.5) is 0 Å². The monoisotopic (exact) mass is 399 g/mol. The summed E-state index contributed by atoms with van der Waals surface area (Å²) in [5.74, 6) is 0.322. The summed E-state index contributed by atoms with van der Waals surface area (Å²) >= 11 is 7.86. The van der Waals surface area contributed by atoms with Crippen molar-refractivity contribution in [1.29, 1.82) is 0 Å². The molecule has 6 heteroatoms. The molecular formula is C14H7ClINO3. The molecule has 0 bridgehead atoms. The molecule has 0 saturated carbocycles. The second-order valence-corrected chi connectivity index (χ2v) is 5.48. The van der Waals surface area contributed by atoms with Crippen LogP contribution in [0.5, 0.6) is 0 Å². The maximum atomic E-state index is 11.8. The third-order valence-corrected chi connectivity index (χ3v) is 3.42. The van der Waals surface area contributed by atoms with Crippen LogP contribution < -0.4 is 0 Å². The fourth-order valence-corrected chi connectivity index (χ4v) is 2.23. The van der Waals surface area contributed by atoms with Crippen molar-refractivity contribution < 1.29 is 13.9 Å². The molecule has 100 valence electrons. The van der Waals surface area contributed by atoms with Crippen LogP contribution >= 0.6 is 34.2 Å². The van der Waals surface area contributed by atoms with Crippen LogP contribution in [0.15, 0.2) is 51.5 Å². The predicted molar refractivity (Wildman–Crippen MR) is 83.5 cm³/mol. The van der Waals surface area contributed by atoms with Crippen molar-refractivity contribution >= 4 is 52.1 Å². The number of nitrogens with zero attached hydrogens (tertiary/aromatic N) is 1. The standard InChI is InChI=1S/C14H7ClINO3/c15-9-3-1-8(2-4-9)13-17-11(14(18)20-13)7-10-5-6-12(16)19-10/h1-7H/b11-7+. The lowest BCUT2D eigenvalue weighted by Crippen LogP contribution is -2.05. The van der Waals surface area contributed by atoms with E-state index in [4.69, 9.17) is 20.8 Å². The zero-order valence-corrected chi connectivity index (χ0v) is 12.9. The van der Waals surface area contributed by atoms with Gasteiger partial charge in [-0.25, -0.2) is 9.79 Å². The van der Waals surface area contributed by atoms with Gasteiger partial charge in [0.2, 0.25) is 5.90 Å². The van der Waals surface area contributed by atoms with Crippen molar-refractivity contribution in [3.8, 4) is 0 Å². The van der Waals surface area contributed by atoms with Gasteiger partial charge in [0.05, 0.1) is 0 Å². The number of benzene rings is 1. The van der Waals surface area contributed by atoms with Crippen LogP contribution in [0.1, 0.15) is 11.3 Å². The Kier molecular flexibility index (Phi) is 3.62. The Bertz CT molecular complexity index is 731. The summed E-state index contributed by atoms with van der Waals surface area (Å²) in [6, 6.07) is 10.5. The molecule has 0 spiro atoms. The second kappa shape index (κ2) is 5.41. The highest BCUT2D eigenvalue weighted by molar-refractivity contribution is 14.1. The Morgan fingerprint density at radius 3 is 2.55 bits per heavy atom. The summed E-state index contributed by atoms with van der Waals surface area (Å²) in [7, 11) is 0. The maximum absolute atomic E-state index is 11.8. The molecule has 0 aliphatic carbocycles. The average molecular weight is 400 g/mol. The molecule has 0 amide bonds. The van der Waals surface area contributed by atoms with Crippen molar-refractivity contribution in [3.63, 3.8) is 0 Å². The Balaban J connectivity index is 1.92. The molecule has 0 fully saturated rings. The molecule has 0 atom stereocenters. The summed E-state index contributed by atoms with van der Waals surface area (Å²) in [5.41, 5.74) is 0.904. The first-order valence-electron chi connectivity index (χ1n) is 5.66. The lowest BCUT2D eigenvalue weighted by Gasteiger charge is -1.98. The number of hydrogen-bond donors (Lipinski definition) is 0. The first-order valence-corrected chi connectivity index (χ1v) is 7.11. The smallest absolute Gasteiger partial charge is 0.363 e.